The molecule has 3 rings (SSSR count). The van der Waals surface area contributed by atoms with Crippen LogP contribution in [0.4, 0.5) is 0 Å². The van der Waals surface area contributed by atoms with Gasteiger partial charge in [0.05, 0.1) is 22.5 Å². The van der Waals surface area contributed by atoms with E-state index < -0.39 is 0 Å². The van der Waals surface area contributed by atoms with Crippen LogP contribution in [0.1, 0.15) is 41.5 Å². The highest BCUT2D eigenvalue weighted by Crippen LogP contribution is 2.24. The van der Waals surface area contributed by atoms with E-state index in [4.69, 9.17) is 0 Å². The predicted molar refractivity (Wildman–Crippen MR) is 70.9 cm³/mol. The molecule has 2 heterocycles. The third kappa shape index (κ3) is 2.05. The topological polar surface area (TPSA) is 60.7 Å². The highest BCUT2D eigenvalue weighted by molar-refractivity contribution is 5.97. The lowest BCUT2D eigenvalue weighted by Crippen LogP contribution is -2.13. The summed E-state index contributed by atoms with van der Waals surface area (Å²) in [6.45, 7) is 2.06. The molecule has 0 saturated heterocycles. The van der Waals surface area contributed by atoms with Crippen molar-refractivity contribution in [2.24, 2.45) is 7.05 Å². The SMILES string of the molecule is CCc1nn(C)cc1-c1ncc2c(n1)CCCC2=O. The molecule has 0 radical (unpaired) electrons. The van der Waals surface area contributed by atoms with Gasteiger partial charge in [-0.15, -0.1) is 0 Å². The molecule has 0 spiro atoms. The van der Waals surface area contributed by atoms with Gasteiger partial charge < -0.3 is 0 Å². The Bertz CT molecular complexity index is 645. The number of ketones is 1. The van der Waals surface area contributed by atoms with Crippen molar-refractivity contribution in [3.8, 4) is 11.4 Å². The first kappa shape index (κ1) is 12.0. The summed E-state index contributed by atoms with van der Waals surface area (Å²) < 4.78 is 1.78. The molecule has 1 aliphatic carbocycles. The molecule has 2 aromatic rings. The smallest absolute Gasteiger partial charge is 0.166 e. The first-order chi connectivity index (χ1) is 9.19. The monoisotopic (exact) mass is 256 g/mol. The molecule has 5 heteroatoms. The molecule has 0 fully saturated rings. The van der Waals surface area contributed by atoms with Gasteiger partial charge in [0, 0.05) is 25.9 Å². The van der Waals surface area contributed by atoms with Crippen LogP contribution in [0, 0.1) is 0 Å². The maximum absolute atomic E-state index is 11.8. The van der Waals surface area contributed by atoms with E-state index in [0.29, 0.717) is 17.8 Å². The van der Waals surface area contributed by atoms with Gasteiger partial charge in [0.15, 0.2) is 11.6 Å². The molecule has 98 valence electrons. The minimum Gasteiger partial charge on any atom is -0.294 e. The van der Waals surface area contributed by atoms with Gasteiger partial charge in [0.2, 0.25) is 0 Å². The number of hydrogen-bond acceptors (Lipinski definition) is 4. The lowest BCUT2D eigenvalue weighted by atomic mass is 9.96. The van der Waals surface area contributed by atoms with Gasteiger partial charge in [-0.25, -0.2) is 9.97 Å². The van der Waals surface area contributed by atoms with E-state index in [0.717, 1.165) is 36.2 Å². The van der Waals surface area contributed by atoms with Crippen LogP contribution >= 0.6 is 0 Å². The summed E-state index contributed by atoms with van der Waals surface area (Å²) in [6.07, 6.45) is 6.81. The van der Waals surface area contributed by atoms with Crippen LogP contribution in [0.25, 0.3) is 11.4 Å². The molecular formula is C14H16N4O. The highest BCUT2D eigenvalue weighted by atomic mass is 16.1. The number of Topliss-reactive ketones (excluding diaryl/α,β-unsaturated/α-hetero) is 1. The summed E-state index contributed by atoms with van der Waals surface area (Å²) in [7, 11) is 1.89. The third-order valence-corrected chi connectivity index (χ3v) is 3.47. The molecule has 0 amide bonds. The fourth-order valence-corrected chi connectivity index (χ4v) is 2.50. The summed E-state index contributed by atoms with van der Waals surface area (Å²) in [5, 5.41) is 4.40. The third-order valence-electron chi connectivity index (χ3n) is 3.47. The standard InChI is InChI=1S/C14H16N4O/c1-3-11-10(8-18(2)17-11)14-15-7-9-12(16-14)5-4-6-13(9)19/h7-8H,3-6H2,1-2H3. The number of rotatable bonds is 2. The van der Waals surface area contributed by atoms with Crippen molar-refractivity contribution in [3.05, 3.63) is 29.3 Å². The number of aromatic nitrogens is 4. The lowest BCUT2D eigenvalue weighted by Gasteiger charge is -2.13. The lowest BCUT2D eigenvalue weighted by molar-refractivity contribution is 0.0971. The average Bonchev–Trinajstić information content (AvgIpc) is 2.80. The van der Waals surface area contributed by atoms with Crippen molar-refractivity contribution in [2.75, 3.05) is 0 Å². The molecule has 19 heavy (non-hydrogen) atoms. The van der Waals surface area contributed by atoms with E-state index in [1.165, 1.54) is 0 Å². The van der Waals surface area contributed by atoms with Gasteiger partial charge in [0.1, 0.15) is 0 Å². The van der Waals surface area contributed by atoms with Gasteiger partial charge in [-0.2, -0.15) is 5.10 Å². The maximum atomic E-state index is 11.8. The van der Waals surface area contributed by atoms with Crippen molar-refractivity contribution in [3.63, 3.8) is 0 Å². The summed E-state index contributed by atoms with van der Waals surface area (Å²) in [5.41, 5.74) is 3.53. The van der Waals surface area contributed by atoms with Gasteiger partial charge in [0.25, 0.3) is 0 Å². The second kappa shape index (κ2) is 4.57. The number of carbonyl (C=O) groups is 1. The zero-order valence-electron chi connectivity index (χ0n) is 11.2. The maximum Gasteiger partial charge on any atom is 0.166 e. The van der Waals surface area contributed by atoms with Gasteiger partial charge in [-0.05, 0) is 19.3 Å². The Hall–Kier alpha value is -2.04. The molecule has 1 aliphatic rings. The Labute approximate surface area is 111 Å². The first-order valence-corrected chi connectivity index (χ1v) is 6.61. The van der Waals surface area contributed by atoms with Crippen molar-refractivity contribution in [1.29, 1.82) is 0 Å². The molecular weight excluding hydrogens is 240 g/mol. The van der Waals surface area contributed by atoms with Crippen LogP contribution in [0.2, 0.25) is 0 Å². The molecule has 0 aromatic carbocycles. The minimum atomic E-state index is 0.162. The zero-order chi connectivity index (χ0) is 13.4. The van der Waals surface area contributed by atoms with Crippen LogP contribution in [-0.4, -0.2) is 25.5 Å². The largest absolute Gasteiger partial charge is 0.294 e. The quantitative estimate of drug-likeness (QED) is 0.824. The highest BCUT2D eigenvalue weighted by Gasteiger charge is 2.20. The van der Waals surface area contributed by atoms with Crippen molar-refractivity contribution in [2.45, 2.75) is 32.6 Å². The Morgan fingerprint density at radius 2 is 2.16 bits per heavy atom. The van der Waals surface area contributed by atoms with Gasteiger partial charge in [-0.3, -0.25) is 9.48 Å². The zero-order valence-corrected chi connectivity index (χ0v) is 11.2. The summed E-state index contributed by atoms with van der Waals surface area (Å²) in [4.78, 5) is 20.7. The van der Waals surface area contributed by atoms with E-state index in [1.807, 2.05) is 13.2 Å². The molecule has 5 nitrogen and oxygen atoms in total. The molecule has 2 aromatic heterocycles. The van der Waals surface area contributed by atoms with Crippen molar-refractivity contribution in [1.82, 2.24) is 19.7 Å². The van der Waals surface area contributed by atoms with Gasteiger partial charge >= 0.3 is 0 Å². The van der Waals surface area contributed by atoms with Crippen LogP contribution in [-0.2, 0) is 19.9 Å². The van der Waals surface area contributed by atoms with E-state index in [-0.39, 0.29) is 5.78 Å². The number of fused-ring (bicyclic) bond motifs is 1. The molecule has 0 bridgehead atoms. The normalized spacial score (nSPS) is 14.5. The van der Waals surface area contributed by atoms with E-state index in [1.54, 1.807) is 10.9 Å². The number of aryl methyl sites for hydroxylation is 3. The minimum absolute atomic E-state index is 0.162. The Morgan fingerprint density at radius 1 is 1.32 bits per heavy atom. The number of hydrogen-bond donors (Lipinski definition) is 0. The van der Waals surface area contributed by atoms with Crippen LogP contribution < -0.4 is 0 Å². The fraction of sp³-hybridized carbons (Fsp3) is 0.429. The summed E-state index contributed by atoms with van der Waals surface area (Å²) in [6, 6.07) is 0. The first-order valence-electron chi connectivity index (χ1n) is 6.61. The Balaban J connectivity index is 2.09. The van der Waals surface area contributed by atoms with Crippen LogP contribution in [0.3, 0.4) is 0 Å². The average molecular weight is 256 g/mol. The van der Waals surface area contributed by atoms with Crippen molar-refractivity contribution < 1.29 is 4.79 Å². The van der Waals surface area contributed by atoms with Crippen LogP contribution in [0.15, 0.2) is 12.4 Å². The Kier molecular flexibility index (Phi) is 2.89. The summed E-state index contributed by atoms with van der Waals surface area (Å²) in [5.74, 6) is 0.841. The second-order valence-corrected chi connectivity index (χ2v) is 4.85. The van der Waals surface area contributed by atoms with Crippen molar-refractivity contribution >= 4 is 5.78 Å². The Morgan fingerprint density at radius 3 is 2.95 bits per heavy atom. The predicted octanol–water partition coefficient (Wildman–Crippen LogP) is 1.96. The number of nitrogens with zero attached hydrogens (tertiary/aromatic N) is 4. The van der Waals surface area contributed by atoms with Gasteiger partial charge in [-0.1, -0.05) is 6.92 Å². The molecule has 0 N–H and O–H groups in total. The molecule has 0 aliphatic heterocycles. The molecule has 0 saturated carbocycles. The molecule has 0 unspecified atom stereocenters. The fourth-order valence-electron chi connectivity index (χ4n) is 2.50. The van der Waals surface area contributed by atoms with E-state index >= 15 is 0 Å². The number of carbonyl (C=O) groups excluding carboxylic acids is 1. The van der Waals surface area contributed by atoms with Crippen LogP contribution in [0.5, 0.6) is 0 Å². The van der Waals surface area contributed by atoms with E-state index in [9.17, 15) is 4.79 Å². The van der Waals surface area contributed by atoms with E-state index in [2.05, 4.69) is 22.0 Å². The second-order valence-electron chi connectivity index (χ2n) is 4.85. The molecule has 0 atom stereocenters. The summed E-state index contributed by atoms with van der Waals surface area (Å²) >= 11 is 0.